The van der Waals surface area contributed by atoms with Gasteiger partial charge in [-0.2, -0.15) is 0 Å². The van der Waals surface area contributed by atoms with Gasteiger partial charge in [0.05, 0.1) is 0 Å². The number of rotatable bonds is 9. The van der Waals surface area contributed by atoms with E-state index in [-0.39, 0.29) is 12.8 Å². The number of para-hydroxylation sites is 1. The first-order chi connectivity index (χ1) is 19.0. The van der Waals surface area contributed by atoms with Gasteiger partial charge in [-0.3, -0.25) is 14.4 Å². The van der Waals surface area contributed by atoms with Crippen molar-refractivity contribution >= 4 is 34.7 Å². The molecule has 10 nitrogen and oxygen atoms in total. The Morgan fingerprint density at radius 1 is 1.00 bits per heavy atom. The van der Waals surface area contributed by atoms with Crippen LogP contribution in [-0.2, 0) is 32.0 Å². The Labute approximate surface area is 233 Å². The largest absolute Gasteiger partial charge is 0.444 e. The Kier molecular flexibility index (Phi) is 8.77. The number of primary amides is 1. The van der Waals surface area contributed by atoms with E-state index < -0.39 is 47.5 Å². The Morgan fingerprint density at radius 2 is 1.70 bits per heavy atom. The van der Waals surface area contributed by atoms with Crippen molar-refractivity contribution in [3.8, 4) is 0 Å². The number of carbonyl (C=O) groups is 4. The number of likely N-dealkylation sites (tertiary alicyclic amines) is 1. The van der Waals surface area contributed by atoms with E-state index >= 15 is 0 Å². The van der Waals surface area contributed by atoms with Crippen molar-refractivity contribution in [2.24, 2.45) is 5.73 Å². The predicted molar refractivity (Wildman–Crippen MR) is 151 cm³/mol. The molecule has 212 valence electrons. The molecule has 0 bridgehead atoms. The summed E-state index contributed by atoms with van der Waals surface area (Å²) in [7, 11) is 0. The third-order valence-electron chi connectivity index (χ3n) is 6.87. The lowest BCUT2D eigenvalue weighted by Crippen LogP contribution is -2.57. The van der Waals surface area contributed by atoms with Crippen molar-refractivity contribution in [2.45, 2.75) is 70.2 Å². The molecule has 2 aromatic carbocycles. The van der Waals surface area contributed by atoms with Crippen LogP contribution in [0.1, 0.15) is 44.7 Å². The smallest absolute Gasteiger partial charge is 0.408 e. The number of H-pyrrole nitrogens is 1. The number of nitrogens with two attached hydrogens (primary N) is 1. The van der Waals surface area contributed by atoms with E-state index in [1.807, 2.05) is 60.8 Å². The van der Waals surface area contributed by atoms with E-state index in [4.69, 9.17) is 10.5 Å². The highest BCUT2D eigenvalue weighted by Gasteiger charge is 2.39. The fraction of sp³-hybridized carbons (Fsp3) is 0.400. The Balaban J connectivity index is 1.53. The van der Waals surface area contributed by atoms with Crippen molar-refractivity contribution in [1.82, 2.24) is 20.5 Å². The minimum atomic E-state index is -0.973. The highest BCUT2D eigenvalue weighted by molar-refractivity contribution is 5.94. The van der Waals surface area contributed by atoms with Gasteiger partial charge in [0.2, 0.25) is 17.7 Å². The summed E-state index contributed by atoms with van der Waals surface area (Å²) in [6.07, 6.45) is 2.58. The zero-order valence-electron chi connectivity index (χ0n) is 23.1. The number of hydrogen-bond acceptors (Lipinski definition) is 5. The summed E-state index contributed by atoms with van der Waals surface area (Å²) in [4.78, 5) is 56.9. The molecule has 0 spiro atoms. The van der Waals surface area contributed by atoms with Gasteiger partial charge in [-0.1, -0.05) is 48.5 Å². The topological polar surface area (TPSA) is 147 Å². The van der Waals surface area contributed by atoms with Crippen LogP contribution in [0.3, 0.4) is 0 Å². The van der Waals surface area contributed by atoms with E-state index in [0.29, 0.717) is 19.4 Å². The van der Waals surface area contributed by atoms with Crippen LogP contribution in [0.25, 0.3) is 10.9 Å². The molecule has 0 saturated carbocycles. The second-order valence-electron chi connectivity index (χ2n) is 11.1. The van der Waals surface area contributed by atoms with Crippen LogP contribution >= 0.6 is 0 Å². The van der Waals surface area contributed by atoms with Crippen LogP contribution in [0, 0.1) is 0 Å². The molecule has 4 rings (SSSR count). The van der Waals surface area contributed by atoms with Gasteiger partial charge in [-0.05, 0) is 50.8 Å². The number of nitrogens with zero attached hydrogens (tertiary/aromatic N) is 1. The summed E-state index contributed by atoms with van der Waals surface area (Å²) in [5, 5.41) is 6.42. The fourth-order valence-corrected chi connectivity index (χ4v) is 5.01. The SMILES string of the molecule is CC(C)(C)OC(=O)N[C@H](Cc1c[nH]c2ccccc12)C(=O)N1CCC[C@@H]1C(=O)N[C@H](Cc1ccccc1)C(N)=O. The lowest BCUT2D eigenvalue weighted by molar-refractivity contribution is -0.140. The van der Waals surface area contributed by atoms with Gasteiger partial charge in [0, 0.05) is 36.5 Å². The molecule has 4 amide bonds. The quantitative estimate of drug-likeness (QED) is 0.325. The second kappa shape index (κ2) is 12.2. The Morgan fingerprint density at radius 3 is 2.40 bits per heavy atom. The molecule has 2 heterocycles. The minimum absolute atomic E-state index is 0.199. The average molecular weight is 548 g/mol. The number of benzene rings is 2. The third kappa shape index (κ3) is 7.19. The fourth-order valence-electron chi connectivity index (χ4n) is 5.01. The summed E-state index contributed by atoms with van der Waals surface area (Å²) in [5.41, 5.74) is 7.46. The van der Waals surface area contributed by atoms with Gasteiger partial charge >= 0.3 is 6.09 Å². The van der Waals surface area contributed by atoms with Gasteiger partial charge in [-0.15, -0.1) is 0 Å². The van der Waals surface area contributed by atoms with Gasteiger partial charge in [0.1, 0.15) is 23.7 Å². The van der Waals surface area contributed by atoms with Gasteiger partial charge < -0.3 is 31.0 Å². The van der Waals surface area contributed by atoms with Crippen molar-refractivity contribution < 1.29 is 23.9 Å². The lowest BCUT2D eigenvalue weighted by Gasteiger charge is -2.30. The molecular weight excluding hydrogens is 510 g/mol. The van der Waals surface area contributed by atoms with Crippen molar-refractivity contribution in [3.05, 3.63) is 71.9 Å². The van der Waals surface area contributed by atoms with Gasteiger partial charge in [0.25, 0.3) is 0 Å². The Bertz CT molecular complexity index is 1360. The lowest BCUT2D eigenvalue weighted by atomic mass is 10.0. The molecule has 1 fully saturated rings. The van der Waals surface area contributed by atoms with Crippen molar-refractivity contribution in [1.29, 1.82) is 0 Å². The summed E-state index contributed by atoms with van der Waals surface area (Å²) >= 11 is 0. The zero-order chi connectivity index (χ0) is 28.9. The summed E-state index contributed by atoms with van der Waals surface area (Å²) in [6, 6.07) is 14.3. The monoisotopic (exact) mass is 547 g/mol. The number of ether oxygens (including phenoxy) is 1. The normalized spacial score (nSPS) is 16.8. The first kappa shape index (κ1) is 28.7. The van der Waals surface area contributed by atoms with E-state index in [2.05, 4.69) is 15.6 Å². The highest BCUT2D eigenvalue weighted by atomic mass is 16.6. The maximum absolute atomic E-state index is 13.9. The molecule has 5 N–H and O–H groups in total. The first-order valence-electron chi connectivity index (χ1n) is 13.5. The number of fused-ring (bicyclic) bond motifs is 1. The minimum Gasteiger partial charge on any atom is -0.444 e. The summed E-state index contributed by atoms with van der Waals surface area (Å²) in [5.74, 6) is -1.50. The number of carbonyl (C=O) groups excluding carboxylic acids is 4. The van der Waals surface area contributed by atoms with Crippen LogP contribution in [0.2, 0.25) is 0 Å². The highest BCUT2D eigenvalue weighted by Crippen LogP contribution is 2.23. The van der Waals surface area contributed by atoms with E-state index in [0.717, 1.165) is 22.0 Å². The van der Waals surface area contributed by atoms with E-state index in [9.17, 15) is 19.2 Å². The van der Waals surface area contributed by atoms with Crippen LogP contribution < -0.4 is 16.4 Å². The van der Waals surface area contributed by atoms with Crippen molar-refractivity contribution in [3.63, 3.8) is 0 Å². The number of aromatic amines is 1. The molecule has 10 heteroatoms. The Hall–Kier alpha value is -4.34. The molecule has 1 aliphatic heterocycles. The summed E-state index contributed by atoms with van der Waals surface area (Å²) in [6.45, 7) is 5.58. The third-order valence-corrected chi connectivity index (χ3v) is 6.87. The van der Waals surface area contributed by atoms with Gasteiger partial charge in [0.15, 0.2) is 0 Å². The zero-order valence-corrected chi connectivity index (χ0v) is 23.1. The predicted octanol–water partition coefficient (Wildman–Crippen LogP) is 2.81. The first-order valence-corrected chi connectivity index (χ1v) is 13.5. The molecule has 40 heavy (non-hydrogen) atoms. The molecule has 1 aromatic heterocycles. The number of amides is 4. The number of hydrogen-bond donors (Lipinski definition) is 4. The molecular formula is C30H37N5O5. The van der Waals surface area contributed by atoms with Crippen LogP contribution in [0.5, 0.6) is 0 Å². The molecule has 3 atom stereocenters. The average Bonchev–Trinajstić information content (AvgIpc) is 3.55. The number of aromatic nitrogens is 1. The molecule has 0 aliphatic carbocycles. The summed E-state index contributed by atoms with van der Waals surface area (Å²) < 4.78 is 5.44. The molecule has 0 unspecified atom stereocenters. The molecule has 1 saturated heterocycles. The number of alkyl carbamates (subject to hydrolysis) is 1. The van der Waals surface area contributed by atoms with Crippen LogP contribution in [0.4, 0.5) is 4.79 Å². The number of nitrogens with one attached hydrogen (secondary N) is 3. The second-order valence-corrected chi connectivity index (χ2v) is 11.1. The molecule has 1 aliphatic rings. The molecule has 3 aromatic rings. The standard InChI is InChI=1S/C30H37N5O5/c1-30(2,3)40-29(39)34-24(17-20-18-32-22-13-8-7-12-21(20)22)28(38)35-15-9-14-25(35)27(37)33-23(26(31)36)16-19-10-5-4-6-11-19/h4-8,10-13,18,23-25,32H,9,14-17H2,1-3H3,(H2,31,36)(H,33,37)(H,34,39)/t23-,24-,25-/m1/s1. The maximum atomic E-state index is 13.9. The van der Waals surface area contributed by atoms with E-state index in [1.54, 1.807) is 20.8 Å². The van der Waals surface area contributed by atoms with Gasteiger partial charge in [-0.25, -0.2) is 4.79 Å². The van der Waals surface area contributed by atoms with Crippen molar-refractivity contribution in [2.75, 3.05) is 6.54 Å². The van der Waals surface area contributed by atoms with Crippen LogP contribution in [-0.4, -0.2) is 64.0 Å². The molecule has 0 radical (unpaired) electrons. The van der Waals surface area contributed by atoms with E-state index in [1.165, 1.54) is 4.90 Å². The van der Waals surface area contributed by atoms with Crippen LogP contribution in [0.15, 0.2) is 60.8 Å². The maximum Gasteiger partial charge on any atom is 0.408 e.